The maximum absolute atomic E-state index is 11.3. The number of carbonyl (C=O) groups excluding carboxylic acids is 2. The Morgan fingerprint density at radius 1 is 1.35 bits per heavy atom. The maximum Gasteiger partial charge on any atom is 0.306 e. The van der Waals surface area contributed by atoms with Crippen LogP contribution in [0.15, 0.2) is 0 Å². The van der Waals surface area contributed by atoms with Gasteiger partial charge in [0.05, 0.1) is 25.4 Å². The van der Waals surface area contributed by atoms with Gasteiger partial charge in [-0.1, -0.05) is 0 Å². The van der Waals surface area contributed by atoms with E-state index in [1.54, 1.807) is 0 Å². The Kier molecular flexibility index (Phi) is 6.00. The molecule has 2 aliphatic rings. The Balaban J connectivity index is 1.83. The summed E-state index contributed by atoms with van der Waals surface area (Å²) in [4.78, 5) is 22.4. The number of cyclic esters (lactones) is 1. The molecule has 2 saturated heterocycles. The zero-order valence-electron chi connectivity index (χ0n) is 13.9. The summed E-state index contributed by atoms with van der Waals surface area (Å²) in [6.07, 6.45) is 1.17. The average Bonchev–Trinajstić information content (AvgIpc) is 3.05. The number of aliphatic hydroxyl groups excluding tert-OH is 1. The quantitative estimate of drug-likeness (QED) is 0.704. The van der Waals surface area contributed by atoms with E-state index in [4.69, 9.17) is 14.2 Å². The van der Waals surface area contributed by atoms with E-state index in [2.05, 4.69) is 4.74 Å². The second kappa shape index (κ2) is 7.59. The minimum absolute atomic E-state index is 0.207. The summed E-state index contributed by atoms with van der Waals surface area (Å²) in [6, 6.07) is 0. The molecule has 7 heteroatoms. The van der Waals surface area contributed by atoms with Gasteiger partial charge in [-0.2, -0.15) is 0 Å². The lowest BCUT2D eigenvalue weighted by atomic mass is 9.99. The summed E-state index contributed by atoms with van der Waals surface area (Å²) in [5.74, 6) is -1.25. The largest absolute Gasteiger partial charge is 0.469 e. The molecule has 0 saturated carbocycles. The van der Waals surface area contributed by atoms with E-state index >= 15 is 0 Å². The number of ether oxygens (including phenoxy) is 4. The molecule has 0 aromatic rings. The van der Waals surface area contributed by atoms with E-state index in [1.165, 1.54) is 7.11 Å². The third kappa shape index (κ3) is 5.16. The molecule has 132 valence electrons. The van der Waals surface area contributed by atoms with Gasteiger partial charge in [-0.15, -0.1) is 0 Å². The predicted molar refractivity (Wildman–Crippen MR) is 79.4 cm³/mol. The van der Waals surface area contributed by atoms with E-state index in [-0.39, 0.29) is 30.6 Å². The first-order valence-corrected chi connectivity index (χ1v) is 8.11. The van der Waals surface area contributed by atoms with E-state index in [9.17, 15) is 14.7 Å². The fraction of sp³-hybridized carbons (Fsp3) is 0.875. The van der Waals surface area contributed by atoms with Crippen molar-refractivity contribution in [1.29, 1.82) is 0 Å². The van der Waals surface area contributed by atoms with Crippen molar-refractivity contribution in [2.24, 2.45) is 0 Å². The summed E-state index contributed by atoms with van der Waals surface area (Å²) >= 11 is 0. The molecule has 2 rings (SSSR count). The molecule has 7 nitrogen and oxygen atoms in total. The van der Waals surface area contributed by atoms with Crippen LogP contribution in [0.3, 0.4) is 0 Å². The minimum atomic E-state index is -0.712. The smallest absolute Gasteiger partial charge is 0.306 e. The topological polar surface area (TPSA) is 91.3 Å². The summed E-state index contributed by atoms with van der Waals surface area (Å²) in [7, 11) is 1.36. The second-order valence-corrected chi connectivity index (χ2v) is 6.54. The molecule has 1 N–H and O–H groups in total. The van der Waals surface area contributed by atoms with Crippen LogP contribution in [0.5, 0.6) is 0 Å². The van der Waals surface area contributed by atoms with Gasteiger partial charge >= 0.3 is 11.9 Å². The maximum atomic E-state index is 11.3. The first-order valence-electron chi connectivity index (χ1n) is 8.11. The number of carbonyl (C=O) groups is 2. The molecule has 2 heterocycles. The van der Waals surface area contributed by atoms with Crippen molar-refractivity contribution in [3.05, 3.63) is 0 Å². The summed E-state index contributed by atoms with van der Waals surface area (Å²) < 4.78 is 21.4. The molecule has 23 heavy (non-hydrogen) atoms. The number of esters is 2. The van der Waals surface area contributed by atoms with Crippen LogP contribution >= 0.6 is 0 Å². The Bertz CT molecular complexity index is 434. The van der Waals surface area contributed by atoms with Gasteiger partial charge in [-0.3, -0.25) is 9.59 Å². The predicted octanol–water partition coefficient (Wildman–Crippen LogP) is 1.31. The molecule has 2 fully saturated rings. The third-order valence-corrected chi connectivity index (χ3v) is 4.24. The van der Waals surface area contributed by atoms with Gasteiger partial charge in [0, 0.05) is 12.8 Å². The van der Waals surface area contributed by atoms with Gasteiger partial charge in [0.1, 0.15) is 6.10 Å². The molecule has 0 spiro atoms. The second-order valence-electron chi connectivity index (χ2n) is 6.54. The van der Waals surface area contributed by atoms with Gasteiger partial charge < -0.3 is 24.1 Å². The molecular weight excluding hydrogens is 304 g/mol. The van der Waals surface area contributed by atoms with Gasteiger partial charge in [-0.05, 0) is 39.5 Å². The summed E-state index contributed by atoms with van der Waals surface area (Å²) in [5, 5.41) is 10.2. The lowest BCUT2D eigenvalue weighted by molar-refractivity contribution is -0.151. The Hall–Kier alpha value is -1.18. The molecular formula is C16H26O7. The standard InChI is InChI=1S/C16H26O7/c1-16(2)22-12(13(23-16)7-8-14(18)20-3)5-4-10(17)11-6-9-15(19)21-11/h10-13,17H,4-9H2,1-3H3/t10-,11-,12+,13+/m1/s1. The Morgan fingerprint density at radius 2 is 2.00 bits per heavy atom. The highest BCUT2D eigenvalue weighted by atomic mass is 16.7. The van der Waals surface area contributed by atoms with Crippen molar-refractivity contribution in [2.45, 2.75) is 82.6 Å². The van der Waals surface area contributed by atoms with Gasteiger partial charge in [-0.25, -0.2) is 0 Å². The van der Waals surface area contributed by atoms with Crippen LogP contribution < -0.4 is 0 Å². The fourth-order valence-electron chi connectivity index (χ4n) is 3.10. The molecule has 4 atom stereocenters. The molecule has 0 radical (unpaired) electrons. The Labute approximate surface area is 136 Å². The molecule has 0 aromatic carbocycles. The normalized spacial score (nSPS) is 31.0. The average molecular weight is 330 g/mol. The van der Waals surface area contributed by atoms with E-state index < -0.39 is 18.0 Å². The summed E-state index contributed by atoms with van der Waals surface area (Å²) in [6.45, 7) is 3.65. The third-order valence-electron chi connectivity index (χ3n) is 4.24. The highest BCUT2D eigenvalue weighted by Crippen LogP contribution is 2.33. The highest BCUT2D eigenvalue weighted by Gasteiger charge is 2.41. The van der Waals surface area contributed by atoms with Crippen LogP contribution in [0, 0.1) is 0 Å². The number of rotatable bonds is 7. The van der Waals surface area contributed by atoms with Crippen molar-refractivity contribution in [2.75, 3.05) is 7.11 Å². The molecule has 0 bridgehead atoms. The van der Waals surface area contributed by atoms with Crippen LogP contribution in [0.2, 0.25) is 0 Å². The van der Waals surface area contributed by atoms with Gasteiger partial charge in [0.2, 0.25) is 0 Å². The van der Waals surface area contributed by atoms with Crippen molar-refractivity contribution in [3.63, 3.8) is 0 Å². The number of hydrogen-bond donors (Lipinski definition) is 1. The van der Waals surface area contributed by atoms with Crippen LogP contribution in [0.25, 0.3) is 0 Å². The lowest BCUT2D eigenvalue weighted by Gasteiger charge is -2.21. The molecule has 2 aliphatic heterocycles. The van der Waals surface area contributed by atoms with Crippen LogP contribution in [-0.4, -0.2) is 54.4 Å². The van der Waals surface area contributed by atoms with Crippen LogP contribution in [0.4, 0.5) is 0 Å². The first-order chi connectivity index (χ1) is 10.8. The SMILES string of the molecule is COC(=O)CC[C@@H]1OC(C)(C)O[C@H]1CC[C@@H](O)[C@H]1CCC(=O)O1. The molecule has 0 unspecified atom stereocenters. The van der Waals surface area contributed by atoms with E-state index in [0.717, 1.165) is 0 Å². The van der Waals surface area contributed by atoms with Gasteiger partial charge in [0.15, 0.2) is 5.79 Å². The van der Waals surface area contributed by atoms with Gasteiger partial charge in [0.25, 0.3) is 0 Å². The molecule has 0 amide bonds. The van der Waals surface area contributed by atoms with Crippen molar-refractivity contribution < 1.29 is 33.6 Å². The highest BCUT2D eigenvalue weighted by molar-refractivity contribution is 5.71. The van der Waals surface area contributed by atoms with Crippen molar-refractivity contribution in [1.82, 2.24) is 0 Å². The minimum Gasteiger partial charge on any atom is -0.469 e. The van der Waals surface area contributed by atoms with E-state index in [1.807, 2.05) is 13.8 Å². The van der Waals surface area contributed by atoms with Crippen molar-refractivity contribution >= 4 is 11.9 Å². The monoisotopic (exact) mass is 330 g/mol. The summed E-state index contributed by atoms with van der Waals surface area (Å²) in [5.41, 5.74) is 0. The zero-order chi connectivity index (χ0) is 17.0. The molecule has 0 aliphatic carbocycles. The Morgan fingerprint density at radius 3 is 2.57 bits per heavy atom. The zero-order valence-corrected chi connectivity index (χ0v) is 13.9. The number of hydrogen-bond acceptors (Lipinski definition) is 7. The lowest BCUT2D eigenvalue weighted by Crippen LogP contribution is -2.30. The molecule has 0 aromatic heterocycles. The number of methoxy groups -OCH3 is 1. The number of aliphatic hydroxyl groups is 1. The van der Waals surface area contributed by atoms with Crippen LogP contribution in [0.1, 0.15) is 52.4 Å². The fourth-order valence-corrected chi connectivity index (χ4v) is 3.10. The van der Waals surface area contributed by atoms with E-state index in [0.29, 0.717) is 32.1 Å². The van der Waals surface area contributed by atoms with Crippen molar-refractivity contribution in [3.8, 4) is 0 Å². The van der Waals surface area contributed by atoms with Crippen LogP contribution in [-0.2, 0) is 28.5 Å². The first kappa shape index (κ1) is 18.2.